The first kappa shape index (κ1) is 22.8. The van der Waals surface area contributed by atoms with Gasteiger partial charge in [0.15, 0.2) is 6.61 Å². The van der Waals surface area contributed by atoms with E-state index in [2.05, 4.69) is 21.3 Å². The SMILES string of the molecule is CCNC(=O)C1CCC(C(=O)NC23CC(NC(=O)COc4ccc(Cl)c(F)c4)(C2)C3)NC1. The van der Waals surface area contributed by atoms with E-state index in [0.717, 1.165) is 6.07 Å². The maximum atomic E-state index is 13.4. The molecule has 2 unspecified atom stereocenters. The van der Waals surface area contributed by atoms with Crippen LogP contribution in [-0.4, -0.2) is 54.5 Å². The number of hydrogen-bond donors (Lipinski definition) is 4. The third-order valence-corrected chi connectivity index (χ3v) is 6.84. The lowest BCUT2D eigenvalue weighted by molar-refractivity contribution is -0.152. The van der Waals surface area contributed by atoms with Crippen molar-refractivity contribution in [3.05, 3.63) is 29.0 Å². The Bertz CT molecular complexity index is 899. The van der Waals surface area contributed by atoms with Crippen molar-refractivity contribution < 1.29 is 23.5 Å². The molecule has 0 radical (unpaired) electrons. The molecule has 2 bridgehead atoms. The highest BCUT2D eigenvalue weighted by Crippen LogP contribution is 2.60. The minimum Gasteiger partial charge on any atom is -0.484 e. The number of halogens is 2. The second kappa shape index (κ2) is 8.86. The molecule has 3 amide bonds. The average Bonchev–Trinajstić information content (AvgIpc) is 2.72. The topological polar surface area (TPSA) is 109 Å². The molecule has 1 saturated heterocycles. The number of hydrogen-bond acceptors (Lipinski definition) is 5. The predicted molar refractivity (Wildman–Crippen MR) is 116 cm³/mol. The van der Waals surface area contributed by atoms with Crippen molar-refractivity contribution in [1.82, 2.24) is 21.3 Å². The van der Waals surface area contributed by atoms with E-state index < -0.39 is 5.82 Å². The van der Waals surface area contributed by atoms with Gasteiger partial charge in [-0.25, -0.2) is 4.39 Å². The van der Waals surface area contributed by atoms with Gasteiger partial charge in [-0.05, 0) is 51.2 Å². The van der Waals surface area contributed by atoms with Crippen LogP contribution >= 0.6 is 11.6 Å². The van der Waals surface area contributed by atoms with Gasteiger partial charge < -0.3 is 26.0 Å². The van der Waals surface area contributed by atoms with Crippen LogP contribution in [0, 0.1) is 11.7 Å². The van der Waals surface area contributed by atoms with Crippen molar-refractivity contribution in [2.75, 3.05) is 19.7 Å². The smallest absolute Gasteiger partial charge is 0.258 e. The summed E-state index contributed by atoms with van der Waals surface area (Å²) < 4.78 is 18.8. The standard InChI is InChI=1S/C22H28ClFN4O4/c1-2-25-19(30)13-3-6-17(26-8-13)20(31)28-22-10-21(11-22,12-22)27-18(29)9-32-14-4-5-15(23)16(24)7-14/h4-5,7,13,17,26H,2-3,6,8-12H2,1H3,(H,25,30)(H,27,29)(H,28,31). The van der Waals surface area contributed by atoms with Crippen molar-refractivity contribution in [2.45, 2.75) is 56.1 Å². The van der Waals surface area contributed by atoms with Crippen LogP contribution in [0.1, 0.15) is 39.0 Å². The van der Waals surface area contributed by atoms with Gasteiger partial charge in [0.2, 0.25) is 11.8 Å². The molecule has 4 fully saturated rings. The third-order valence-electron chi connectivity index (χ3n) is 6.54. The summed E-state index contributed by atoms with van der Waals surface area (Å²) in [7, 11) is 0. The number of ether oxygens (including phenoxy) is 1. The van der Waals surface area contributed by atoms with Gasteiger partial charge in [0.1, 0.15) is 11.6 Å². The number of piperidine rings is 1. The quantitative estimate of drug-likeness (QED) is 0.461. The van der Waals surface area contributed by atoms with E-state index >= 15 is 0 Å². The Morgan fingerprint density at radius 3 is 2.50 bits per heavy atom. The van der Waals surface area contributed by atoms with Crippen molar-refractivity contribution in [2.24, 2.45) is 5.92 Å². The lowest BCUT2D eigenvalue weighted by Gasteiger charge is -2.70. The second-order valence-electron chi connectivity index (χ2n) is 9.12. The Hall–Kier alpha value is -2.39. The summed E-state index contributed by atoms with van der Waals surface area (Å²) in [6.07, 6.45) is 3.35. The van der Waals surface area contributed by atoms with Crippen LogP contribution in [-0.2, 0) is 14.4 Å². The average molecular weight is 467 g/mol. The molecule has 10 heteroatoms. The summed E-state index contributed by atoms with van der Waals surface area (Å²) in [5, 5.41) is 12.1. The summed E-state index contributed by atoms with van der Waals surface area (Å²) in [5.74, 6) is -0.774. The molecule has 0 spiro atoms. The van der Waals surface area contributed by atoms with Crippen LogP contribution in [0.2, 0.25) is 5.02 Å². The van der Waals surface area contributed by atoms with Crippen molar-refractivity contribution in [3.63, 3.8) is 0 Å². The van der Waals surface area contributed by atoms with Crippen LogP contribution in [0.25, 0.3) is 0 Å². The molecule has 4 aliphatic rings. The van der Waals surface area contributed by atoms with Crippen molar-refractivity contribution >= 4 is 29.3 Å². The number of benzene rings is 1. The first-order valence-corrected chi connectivity index (χ1v) is 11.3. The summed E-state index contributed by atoms with van der Waals surface area (Å²) in [6.45, 7) is 2.76. The molecular formula is C22H28ClFN4O4. The highest BCUT2D eigenvalue weighted by molar-refractivity contribution is 6.30. The van der Waals surface area contributed by atoms with E-state index in [0.29, 0.717) is 45.2 Å². The van der Waals surface area contributed by atoms with Crippen LogP contribution in [0.4, 0.5) is 4.39 Å². The number of carbonyl (C=O) groups is 3. The summed E-state index contributed by atoms with van der Waals surface area (Å²) in [5.41, 5.74) is -0.565. The largest absolute Gasteiger partial charge is 0.484 e. The van der Waals surface area contributed by atoms with Gasteiger partial charge in [0.05, 0.1) is 17.0 Å². The van der Waals surface area contributed by atoms with E-state index in [4.69, 9.17) is 16.3 Å². The van der Waals surface area contributed by atoms with E-state index in [1.54, 1.807) is 0 Å². The Kier molecular flexibility index (Phi) is 6.31. The van der Waals surface area contributed by atoms with E-state index in [1.165, 1.54) is 12.1 Å². The third kappa shape index (κ3) is 4.68. The van der Waals surface area contributed by atoms with Crippen LogP contribution in [0.5, 0.6) is 5.75 Å². The number of amides is 3. The van der Waals surface area contributed by atoms with Crippen LogP contribution in [0.15, 0.2) is 18.2 Å². The highest BCUT2D eigenvalue weighted by Gasteiger charge is 2.69. The Morgan fingerprint density at radius 1 is 1.16 bits per heavy atom. The molecule has 174 valence electrons. The fraction of sp³-hybridized carbons (Fsp3) is 0.591. The van der Waals surface area contributed by atoms with Gasteiger partial charge in [-0.2, -0.15) is 0 Å². The zero-order chi connectivity index (χ0) is 22.9. The lowest BCUT2D eigenvalue weighted by Crippen LogP contribution is -2.84. The molecule has 3 aliphatic carbocycles. The van der Waals surface area contributed by atoms with Crippen LogP contribution < -0.4 is 26.0 Å². The van der Waals surface area contributed by atoms with E-state index in [1.807, 2.05) is 6.92 Å². The number of nitrogens with one attached hydrogen (secondary N) is 4. The first-order chi connectivity index (χ1) is 15.2. The molecule has 1 aliphatic heterocycles. The highest BCUT2D eigenvalue weighted by atomic mass is 35.5. The zero-order valence-corrected chi connectivity index (χ0v) is 18.7. The molecule has 1 aromatic rings. The molecule has 5 rings (SSSR count). The number of rotatable bonds is 8. The Balaban J connectivity index is 1.16. The fourth-order valence-corrected chi connectivity index (χ4v) is 5.19. The van der Waals surface area contributed by atoms with Gasteiger partial charge in [-0.15, -0.1) is 0 Å². The minimum absolute atomic E-state index is 0.00625. The molecule has 4 N–H and O–H groups in total. The summed E-state index contributed by atoms with van der Waals surface area (Å²) >= 11 is 5.63. The minimum atomic E-state index is -0.603. The molecular weight excluding hydrogens is 439 g/mol. The van der Waals surface area contributed by atoms with Gasteiger partial charge >= 0.3 is 0 Å². The van der Waals surface area contributed by atoms with Crippen LogP contribution in [0.3, 0.4) is 0 Å². The maximum Gasteiger partial charge on any atom is 0.258 e. The molecule has 32 heavy (non-hydrogen) atoms. The fourth-order valence-electron chi connectivity index (χ4n) is 5.07. The van der Waals surface area contributed by atoms with E-state index in [9.17, 15) is 18.8 Å². The van der Waals surface area contributed by atoms with Crippen molar-refractivity contribution in [3.8, 4) is 5.75 Å². The van der Waals surface area contributed by atoms with E-state index in [-0.39, 0.29) is 58.1 Å². The molecule has 2 atom stereocenters. The van der Waals surface area contributed by atoms with Gasteiger partial charge in [-0.3, -0.25) is 14.4 Å². The molecule has 1 aromatic carbocycles. The Labute approximate surface area is 191 Å². The van der Waals surface area contributed by atoms with Gasteiger partial charge in [-0.1, -0.05) is 11.6 Å². The zero-order valence-electron chi connectivity index (χ0n) is 17.9. The monoisotopic (exact) mass is 466 g/mol. The molecule has 8 nitrogen and oxygen atoms in total. The number of carbonyl (C=O) groups excluding carboxylic acids is 3. The lowest BCUT2D eigenvalue weighted by atomic mass is 9.44. The van der Waals surface area contributed by atoms with Gasteiger partial charge in [0.25, 0.3) is 5.91 Å². The summed E-state index contributed by atoms with van der Waals surface area (Å²) in [6, 6.07) is 3.72. The summed E-state index contributed by atoms with van der Waals surface area (Å²) in [4.78, 5) is 36.8. The molecule has 1 heterocycles. The van der Waals surface area contributed by atoms with Gasteiger partial charge in [0, 0.05) is 30.2 Å². The first-order valence-electron chi connectivity index (χ1n) is 11.0. The Morgan fingerprint density at radius 2 is 1.88 bits per heavy atom. The predicted octanol–water partition coefficient (Wildman–Crippen LogP) is 1.27. The maximum absolute atomic E-state index is 13.4. The van der Waals surface area contributed by atoms with Crippen molar-refractivity contribution in [1.29, 1.82) is 0 Å². The second-order valence-corrected chi connectivity index (χ2v) is 9.53. The normalized spacial score (nSPS) is 30.3. The molecule has 3 saturated carbocycles. The molecule has 0 aromatic heterocycles.